The lowest BCUT2D eigenvalue weighted by Gasteiger charge is -2.03. The van der Waals surface area contributed by atoms with Crippen molar-refractivity contribution in [2.24, 2.45) is 0 Å². The van der Waals surface area contributed by atoms with E-state index in [9.17, 15) is 0 Å². The molecule has 0 aliphatic heterocycles. The van der Waals surface area contributed by atoms with E-state index in [2.05, 4.69) is 15.5 Å². The molecule has 0 spiro atoms. The normalized spacial score (nSPS) is 10.9. The number of nitrogens with zero attached hydrogens (tertiary/aromatic N) is 2. The van der Waals surface area contributed by atoms with E-state index in [1.807, 2.05) is 13.8 Å². The molecule has 1 heterocycles. The number of aromatic nitrogens is 2. The van der Waals surface area contributed by atoms with Gasteiger partial charge in [-0.05, 0) is 13.8 Å². The van der Waals surface area contributed by atoms with Crippen molar-refractivity contribution in [1.29, 1.82) is 0 Å². The molecular weight excluding hydrogens is 214 g/mol. The summed E-state index contributed by atoms with van der Waals surface area (Å²) in [5, 5.41) is 12.7. The zero-order valence-electron chi connectivity index (χ0n) is 9.32. The fourth-order valence-corrected chi connectivity index (χ4v) is 1.71. The molecule has 0 aliphatic carbocycles. The monoisotopic (exact) mass is 231 g/mol. The third-order valence-electron chi connectivity index (χ3n) is 1.54. The van der Waals surface area contributed by atoms with Gasteiger partial charge < -0.3 is 14.8 Å². The van der Waals surface area contributed by atoms with Gasteiger partial charge >= 0.3 is 0 Å². The van der Waals surface area contributed by atoms with Crippen molar-refractivity contribution in [1.82, 2.24) is 15.5 Å². The molecule has 6 heteroatoms. The lowest BCUT2D eigenvalue weighted by molar-refractivity contribution is 0.199. The standard InChI is InChI=1S/C9H17N3O2S/c1-7(2)14-9-12-11-8(15-9)6-10-4-5-13-3/h7,10H,4-6H2,1-3H3. The van der Waals surface area contributed by atoms with Crippen LogP contribution in [0.4, 0.5) is 0 Å². The van der Waals surface area contributed by atoms with Crippen LogP contribution in [-0.4, -0.2) is 36.6 Å². The summed E-state index contributed by atoms with van der Waals surface area (Å²) in [6, 6.07) is 0. The number of hydrogen-bond donors (Lipinski definition) is 1. The second-order valence-electron chi connectivity index (χ2n) is 3.30. The van der Waals surface area contributed by atoms with E-state index in [4.69, 9.17) is 9.47 Å². The summed E-state index contributed by atoms with van der Waals surface area (Å²) < 4.78 is 10.3. The lowest BCUT2D eigenvalue weighted by atomic mass is 10.5. The van der Waals surface area contributed by atoms with Gasteiger partial charge in [0.2, 0.25) is 0 Å². The van der Waals surface area contributed by atoms with Gasteiger partial charge in [-0.3, -0.25) is 0 Å². The molecule has 0 amide bonds. The predicted molar refractivity (Wildman–Crippen MR) is 59.3 cm³/mol. The Morgan fingerprint density at radius 3 is 2.87 bits per heavy atom. The molecule has 5 nitrogen and oxygen atoms in total. The number of ether oxygens (including phenoxy) is 2. The van der Waals surface area contributed by atoms with Gasteiger partial charge in [0.25, 0.3) is 5.19 Å². The molecule has 0 aromatic carbocycles. The molecule has 15 heavy (non-hydrogen) atoms. The van der Waals surface area contributed by atoms with Gasteiger partial charge in [0, 0.05) is 20.2 Å². The summed E-state index contributed by atoms with van der Waals surface area (Å²) in [4.78, 5) is 0. The van der Waals surface area contributed by atoms with Gasteiger partial charge in [0.15, 0.2) is 0 Å². The molecule has 1 aromatic heterocycles. The van der Waals surface area contributed by atoms with Crippen molar-refractivity contribution in [3.63, 3.8) is 0 Å². The average molecular weight is 231 g/mol. The Morgan fingerprint density at radius 1 is 1.40 bits per heavy atom. The zero-order valence-corrected chi connectivity index (χ0v) is 10.1. The van der Waals surface area contributed by atoms with Crippen LogP contribution in [-0.2, 0) is 11.3 Å². The second-order valence-corrected chi connectivity index (χ2v) is 4.32. The van der Waals surface area contributed by atoms with Crippen molar-refractivity contribution < 1.29 is 9.47 Å². The average Bonchev–Trinajstić information content (AvgIpc) is 2.59. The number of nitrogens with one attached hydrogen (secondary N) is 1. The number of hydrogen-bond acceptors (Lipinski definition) is 6. The van der Waals surface area contributed by atoms with Crippen LogP contribution in [0.2, 0.25) is 0 Å². The Balaban J connectivity index is 2.26. The molecule has 0 saturated carbocycles. The van der Waals surface area contributed by atoms with Crippen LogP contribution in [0.5, 0.6) is 5.19 Å². The van der Waals surface area contributed by atoms with Crippen LogP contribution < -0.4 is 10.1 Å². The third-order valence-corrected chi connectivity index (χ3v) is 2.36. The van der Waals surface area contributed by atoms with Crippen LogP contribution in [0.1, 0.15) is 18.9 Å². The van der Waals surface area contributed by atoms with Crippen LogP contribution in [0.3, 0.4) is 0 Å². The van der Waals surface area contributed by atoms with Crippen molar-refractivity contribution in [2.75, 3.05) is 20.3 Å². The summed E-state index contributed by atoms with van der Waals surface area (Å²) in [5.74, 6) is 0. The highest BCUT2D eigenvalue weighted by Crippen LogP contribution is 2.18. The molecular formula is C9H17N3O2S. The Hall–Kier alpha value is -0.720. The van der Waals surface area contributed by atoms with E-state index in [0.717, 1.165) is 11.6 Å². The minimum Gasteiger partial charge on any atom is -0.466 e. The lowest BCUT2D eigenvalue weighted by Crippen LogP contribution is -2.18. The summed E-state index contributed by atoms with van der Waals surface area (Å²) in [5.41, 5.74) is 0. The van der Waals surface area contributed by atoms with Gasteiger partial charge in [0.1, 0.15) is 5.01 Å². The molecule has 1 aromatic rings. The maximum Gasteiger partial charge on any atom is 0.294 e. The fraction of sp³-hybridized carbons (Fsp3) is 0.778. The molecule has 1 N–H and O–H groups in total. The van der Waals surface area contributed by atoms with E-state index in [1.54, 1.807) is 7.11 Å². The van der Waals surface area contributed by atoms with Gasteiger partial charge in [0.05, 0.1) is 12.7 Å². The fourth-order valence-electron chi connectivity index (χ4n) is 0.928. The molecule has 0 unspecified atom stereocenters. The van der Waals surface area contributed by atoms with Crippen molar-refractivity contribution >= 4 is 11.3 Å². The third kappa shape index (κ3) is 5.06. The largest absolute Gasteiger partial charge is 0.466 e. The van der Waals surface area contributed by atoms with Crippen LogP contribution in [0.25, 0.3) is 0 Å². The Labute approximate surface area is 93.8 Å². The van der Waals surface area contributed by atoms with Crippen LogP contribution in [0, 0.1) is 0 Å². The van der Waals surface area contributed by atoms with Crippen molar-refractivity contribution in [3.05, 3.63) is 5.01 Å². The summed E-state index contributed by atoms with van der Waals surface area (Å²) in [6.07, 6.45) is 0.146. The van der Waals surface area contributed by atoms with E-state index < -0.39 is 0 Å². The SMILES string of the molecule is COCCNCc1nnc(OC(C)C)s1. The first-order valence-electron chi connectivity index (χ1n) is 4.91. The Kier molecular flexibility index (Phi) is 5.52. The Morgan fingerprint density at radius 2 is 2.20 bits per heavy atom. The molecule has 0 atom stereocenters. The predicted octanol–water partition coefficient (Wildman–Crippen LogP) is 1.06. The second kappa shape index (κ2) is 6.71. The highest BCUT2D eigenvalue weighted by molar-refractivity contribution is 7.13. The van der Waals surface area contributed by atoms with E-state index >= 15 is 0 Å². The summed E-state index contributed by atoms with van der Waals surface area (Å²) >= 11 is 1.47. The maximum atomic E-state index is 5.41. The van der Waals surface area contributed by atoms with Gasteiger partial charge in [-0.1, -0.05) is 16.4 Å². The Bertz CT molecular complexity index is 278. The van der Waals surface area contributed by atoms with Gasteiger partial charge in [-0.15, -0.1) is 5.10 Å². The smallest absolute Gasteiger partial charge is 0.294 e. The molecule has 0 radical (unpaired) electrons. The van der Waals surface area contributed by atoms with E-state index in [0.29, 0.717) is 18.3 Å². The minimum absolute atomic E-state index is 0.146. The first kappa shape index (κ1) is 12.4. The number of methoxy groups -OCH3 is 1. The molecule has 0 saturated heterocycles. The molecule has 86 valence electrons. The topological polar surface area (TPSA) is 56.3 Å². The quantitative estimate of drug-likeness (QED) is 0.711. The highest BCUT2D eigenvalue weighted by Gasteiger charge is 2.05. The van der Waals surface area contributed by atoms with Crippen molar-refractivity contribution in [3.8, 4) is 5.19 Å². The minimum atomic E-state index is 0.146. The molecule has 1 rings (SSSR count). The first-order valence-corrected chi connectivity index (χ1v) is 5.72. The summed E-state index contributed by atoms with van der Waals surface area (Å²) in [7, 11) is 1.68. The molecule has 0 aliphatic rings. The number of rotatable bonds is 7. The maximum absolute atomic E-state index is 5.41. The molecule has 0 fully saturated rings. The van der Waals surface area contributed by atoms with Gasteiger partial charge in [-0.25, -0.2) is 0 Å². The van der Waals surface area contributed by atoms with Crippen LogP contribution >= 0.6 is 11.3 Å². The highest BCUT2D eigenvalue weighted by atomic mass is 32.1. The summed E-state index contributed by atoms with van der Waals surface area (Å²) in [6.45, 7) is 6.17. The van der Waals surface area contributed by atoms with E-state index in [1.165, 1.54) is 11.3 Å². The van der Waals surface area contributed by atoms with Gasteiger partial charge in [-0.2, -0.15) is 0 Å². The van der Waals surface area contributed by atoms with Crippen molar-refractivity contribution in [2.45, 2.75) is 26.5 Å². The zero-order chi connectivity index (χ0) is 11.1. The molecule has 0 bridgehead atoms. The first-order chi connectivity index (χ1) is 7.22. The van der Waals surface area contributed by atoms with E-state index in [-0.39, 0.29) is 6.10 Å². The van der Waals surface area contributed by atoms with Crippen LogP contribution in [0.15, 0.2) is 0 Å².